The van der Waals surface area contributed by atoms with Gasteiger partial charge in [0, 0.05) is 12.8 Å². The van der Waals surface area contributed by atoms with Crippen molar-refractivity contribution < 1.29 is 39.0 Å². The number of nitrogens with two attached hydrogens (primary N) is 1. The highest BCUT2D eigenvalue weighted by atomic mass is 16.4. The molecule has 228 valence electrons. The molecule has 4 unspecified atom stereocenters. The van der Waals surface area contributed by atoms with E-state index in [2.05, 4.69) is 21.3 Å². The van der Waals surface area contributed by atoms with Gasteiger partial charge in [-0.05, 0) is 29.2 Å². The summed E-state index contributed by atoms with van der Waals surface area (Å²) in [6.45, 7) is 4.70. The second-order valence-corrected chi connectivity index (χ2v) is 10.4. The van der Waals surface area contributed by atoms with Crippen molar-refractivity contribution in [3.05, 3.63) is 48.0 Å². The van der Waals surface area contributed by atoms with Crippen molar-refractivity contribution in [2.45, 2.75) is 70.6 Å². The fourth-order valence-corrected chi connectivity index (χ4v) is 4.09. The highest BCUT2D eigenvalue weighted by Crippen LogP contribution is 2.17. The van der Waals surface area contributed by atoms with Crippen molar-refractivity contribution in [1.29, 1.82) is 0 Å². The number of amides is 5. The van der Waals surface area contributed by atoms with Gasteiger partial charge in [0.15, 0.2) is 0 Å². The number of carboxylic acids is 1. The summed E-state index contributed by atoms with van der Waals surface area (Å²) >= 11 is 0. The summed E-state index contributed by atoms with van der Waals surface area (Å²) in [5.74, 6) is -5.11. The lowest BCUT2D eigenvalue weighted by atomic mass is 10.0. The van der Waals surface area contributed by atoms with E-state index in [9.17, 15) is 33.9 Å². The zero-order valence-electron chi connectivity index (χ0n) is 23.9. The smallest absolute Gasteiger partial charge is 0.303 e. The van der Waals surface area contributed by atoms with E-state index in [0.29, 0.717) is 5.56 Å². The lowest BCUT2D eigenvalue weighted by molar-refractivity contribution is -0.139. The molecule has 5 amide bonds. The van der Waals surface area contributed by atoms with E-state index < -0.39 is 72.5 Å². The first-order valence-electron chi connectivity index (χ1n) is 13.6. The van der Waals surface area contributed by atoms with E-state index >= 15 is 0 Å². The minimum atomic E-state index is -1.47. The van der Waals surface area contributed by atoms with Gasteiger partial charge in [-0.1, -0.05) is 56.3 Å². The normalized spacial score (nSPS) is 13.8. The number of fused-ring (bicyclic) bond motifs is 1. The molecule has 0 aliphatic carbocycles. The van der Waals surface area contributed by atoms with Gasteiger partial charge in [-0.15, -0.1) is 0 Å². The van der Waals surface area contributed by atoms with Crippen molar-refractivity contribution in [3.63, 3.8) is 0 Å². The monoisotopic (exact) mass is 585 g/mol. The highest BCUT2D eigenvalue weighted by molar-refractivity contribution is 5.96. The number of aliphatic carboxylic acids is 1. The van der Waals surface area contributed by atoms with Crippen LogP contribution in [0.1, 0.15) is 45.6 Å². The number of aliphatic hydroxyl groups is 1. The number of carbonyl (C=O) groups excluding carboxylic acids is 5. The predicted molar refractivity (Wildman–Crippen MR) is 154 cm³/mol. The molecule has 0 spiro atoms. The Morgan fingerprint density at radius 1 is 0.786 bits per heavy atom. The summed E-state index contributed by atoms with van der Waals surface area (Å²) < 4.78 is 0. The molecule has 13 heteroatoms. The van der Waals surface area contributed by atoms with Gasteiger partial charge in [0.05, 0.1) is 25.5 Å². The summed E-state index contributed by atoms with van der Waals surface area (Å²) in [4.78, 5) is 74.1. The Bertz CT molecular complexity index is 1300. The number of hydrogen-bond donors (Lipinski definition) is 7. The molecule has 4 atom stereocenters. The molecule has 0 heterocycles. The quantitative estimate of drug-likeness (QED) is 0.139. The van der Waals surface area contributed by atoms with Crippen LogP contribution in [0.15, 0.2) is 42.5 Å². The second-order valence-electron chi connectivity index (χ2n) is 10.4. The van der Waals surface area contributed by atoms with Crippen molar-refractivity contribution in [3.8, 4) is 0 Å². The SMILES string of the molecule is CC(NC(=O)C(CC(N)=O)NC(=O)C(Cc1ccc2ccccc2c1)NC(=O)CCC(=O)O)C(=O)NC(CO)C(C)C. The molecule has 0 fully saturated rings. The Balaban J connectivity index is 2.22. The molecule has 2 aromatic carbocycles. The second kappa shape index (κ2) is 16.1. The van der Waals surface area contributed by atoms with Gasteiger partial charge in [0.2, 0.25) is 29.5 Å². The molecule has 42 heavy (non-hydrogen) atoms. The van der Waals surface area contributed by atoms with Gasteiger partial charge < -0.3 is 37.2 Å². The Labute approximate surface area is 243 Å². The van der Waals surface area contributed by atoms with E-state index in [1.807, 2.05) is 36.4 Å². The summed E-state index contributed by atoms with van der Waals surface area (Å²) in [5, 5.41) is 30.2. The van der Waals surface area contributed by atoms with E-state index in [1.54, 1.807) is 19.9 Å². The fourth-order valence-electron chi connectivity index (χ4n) is 4.09. The Morgan fingerprint density at radius 3 is 2.02 bits per heavy atom. The first-order valence-corrected chi connectivity index (χ1v) is 13.6. The molecule has 13 nitrogen and oxygen atoms in total. The van der Waals surface area contributed by atoms with Gasteiger partial charge in [-0.25, -0.2) is 0 Å². The van der Waals surface area contributed by atoms with Crippen LogP contribution >= 0.6 is 0 Å². The van der Waals surface area contributed by atoms with Gasteiger partial charge >= 0.3 is 5.97 Å². The van der Waals surface area contributed by atoms with E-state index in [-0.39, 0.29) is 25.4 Å². The van der Waals surface area contributed by atoms with E-state index in [1.165, 1.54) is 6.92 Å². The number of aliphatic hydroxyl groups excluding tert-OH is 1. The number of rotatable bonds is 16. The summed E-state index contributed by atoms with van der Waals surface area (Å²) in [6.07, 6.45) is -1.42. The maximum Gasteiger partial charge on any atom is 0.303 e. The third kappa shape index (κ3) is 10.8. The zero-order chi connectivity index (χ0) is 31.4. The predicted octanol–water partition coefficient (Wildman–Crippen LogP) is -0.270. The first-order chi connectivity index (χ1) is 19.8. The summed E-state index contributed by atoms with van der Waals surface area (Å²) in [6, 6.07) is 8.66. The maximum absolute atomic E-state index is 13.4. The van der Waals surface area contributed by atoms with Gasteiger partial charge in [-0.3, -0.25) is 28.8 Å². The molecule has 2 aromatic rings. The summed E-state index contributed by atoms with van der Waals surface area (Å²) in [5.41, 5.74) is 5.99. The van der Waals surface area contributed by atoms with Gasteiger partial charge in [-0.2, -0.15) is 0 Å². The van der Waals surface area contributed by atoms with Crippen molar-refractivity contribution in [1.82, 2.24) is 21.3 Å². The van der Waals surface area contributed by atoms with Gasteiger partial charge in [0.25, 0.3) is 0 Å². The largest absolute Gasteiger partial charge is 0.481 e. The Hall–Kier alpha value is -4.52. The van der Waals surface area contributed by atoms with Crippen molar-refractivity contribution in [2.75, 3.05) is 6.61 Å². The van der Waals surface area contributed by atoms with Crippen LogP contribution in [-0.4, -0.2) is 76.5 Å². The van der Waals surface area contributed by atoms with Gasteiger partial charge in [0.1, 0.15) is 18.1 Å². The minimum Gasteiger partial charge on any atom is -0.481 e. The molecule has 0 aliphatic heterocycles. The lowest BCUT2D eigenvalue weighted by Gasteiger charge is -2.25. The average Bonchev–Trinajstić information content (AvgIpc) is 2.93. The van der Waals surface area contributed by atoms with Crippen LogP contribution in [-0.2, 0) is 35.2 Å². The van der Waals surface area contributed by atoms with E-state index in [0.717, 1.165) is 10.8 Å². The van der Waals surface area contributed by atoms with Crippen molar-refractivity contribution >= 4 is 46.3 Å². The number of carboxylic acid groups (broad SMARTS) is 1. The van der Waals surface area contributed by atoms with Crippen LogP contribution in [0.3, 0.4) is 0 Å². The molecule has 0 aliphatic rings. The molecule has 0 saturated carbocycles. The third-order valence-electron chi connectivity index (χ3n) is 6.59. The number of benzene rings is 2. The number of nitrogens with one attached hydrogen (secondary N) is 4. The molecule has 0 saturated heterocycles. The van der Waals surface area contributed by atoms with Crippen LogP contribution in [0.2, 0.25) is 0 Å². The highest BCUT2D eigenvalue weighted by Gasteiger charge is 2.30. The fraction of sp³-hybridized carbons (Fsp3) is 0.448. The van der Waals surface area contributed by atoms with Crippen LogP contribution < -0.4 is 27.0 Å². The molecule has 8 N–H and O–H groups in total. The number of carbonyl (C=O) groups is 6. The lowest BCUT2D eigenvalue weighted by Crippen LogP contribution is -2.58. The van der Waals surface area contributed by atoms with Crippen LogP contribution in [0.4, 0.5) is 0 Å². The Morgan fingerprint density at radius 2 is 1.43 bits per heavy atom. The molecule has 0 radical (unpaired) electrons. The number of primary amides is 1. The average molecular weight is 586 g/mol. The third-order valence-corrected chi connectivity index (χ3v) is 6.59. The topological polar surface area (TPSA) is 217 Å². The standard InChI is InChI=1S/C29H39N5O8/c1-16(2)23(15-35)34-27(40)17(3)31-28(41)22(14-24(30)36)33-29(42)21(32-25(37)10-11-26(38)39)13-18-8-9-19-6-4-5-7-20(19)12-18/h4-9,12,16-17,21-23,35H,10-11,13-15H2,1-3H3,(H2,30,36)(H,31,41)(H,32,37)(H,33,42)(H,34,40)(H,38,39). The zero-order valence-corrected chi connectivity index (χ0v) is 23.9. The van der Waals surface area contributed by atoms with Crippen LogP contribution in [0.25, 0.3) is 10.8 Å². The van der Waals surface area contributed by atoms with Crippen LogP contribution in [0.5, 0.6) is 0 Å². The van der Waals surface area contributed by atoms with E-state index in [4.69, 9.17) is 10.8 Å². The molecule has 2 rings (SSSR count). The minimum absolute atomic E-state index is 0.00303. The Kier molecular flexibility index (Phi) is 12.9. The molecule has 0 bridgehead atoms. The molecular formula is C29H39N5O8. The summed E-state index contributed by atoms with van der Waals surface area (Å²) in [7, 11) is 0. The van der Waals surface area contributed by atoms with Crippen molar-refractivity contribution in [2.24, 2.45) is 11.7 Å². The number of hydrogen-bond acceptors (Lipinski definition) is 7. The van der Waals surface area contributed by atoms with Crippen LogP contribution in [0, 0.1) is 5.92 Å². The molecule has 0 aromatic heterocycles. The molecular weight excluding hydrogens is 546 g/mol. The first kappa shape index (κ1) is 33.7. The maximum atomic E-state index is 13.4.